The van der Waals surface area contributed by atoms with E-state index in [4.69, 9.17) is 4.74 Å². The van der Waals surface area contributed by atoms with Crippen molar-refractivity contribution in [1.82, 2.24) is 15.6 Å². The van der Waals surface area contributed by atoms with Gasteiger partial charge in [0.1, 0.15) is 0 Å². The third-order valence-corrected chi connectivity index (χ3v) is 4.58. The van der Waals surface area contributed by atoms with Gasteiger partial charge in [0.2, 0.25) is 5.88 Å². The highest BCUT2D eigenvalue weighted by Gasteiger charge is 2.37. The fraction of sp³-hybridized carbons (Fsp3) is 0.667. The van der Waals surface area contributed by atoms with Crippen molar-refractivity contribution >= 4 is 29.9 Å². The summed E-state index contributed by atoms with van der Waals surface area (Å²) < 4.78 is 5.07. The zero-order valence-corrected chi connectivity index (χ0v) is 17.6. The van der Waals surface area contributed by atoms with Crippen LogP contribution < -0.4 is 15.4 Å². The number of aliphatic imine (C=N–C) groups is 1. The molecule has 24 heavy (non-hydrogen) atoms. The second-order valence-electron chi connectivity index (χ2n) is 6.94. The number of nitrogens with one attached hydrogen (secondary N) is 2. The zero-order valence-electron chi connectivity index (χ0n) is 15.3. The summed E-state index contributed by atoms with van der Waals surface area (Å²) in [4.78, 5) is 8.55. The minimum Gasteiger partial charge on any atom is -0.481 e. The molecule has 2 N–H and O–H groups in total. The molecule has 0 atom stereocenters. The van der Waals surface area contributed by atoms with Gasteiger partial charge >= 0.3 is 0 Å². The van der Waals surface area contributed by atoms with Crippen molar-refractivity contribution in [3.05, 3.63) is 23.9 Å². The number of pyridine rings is 1. The summed E-state index contributed by atoms with van der Waals surface area (Å²) in [7, 11) is 3.44. The molecule has 5 nitrogen and oxygen atoms in total. The number of hydrogen-bond acceptors (Lipinski definition) is 3. The van der Waals surface area contributed by atoms with Gasteiger partial charge in [-0.05, 0) is 36.2 Å². The Hall–Kier alpha value is -1.05. The third kappa shape index (κ3) is 6.11. The lowest BCUT2D eigenvalue weighted by Crippen LogP contribution is -2.46. The number of nitrogens with zero attached hydrogens (tertiary/aromatic N) is 2. The summed E-state index contributed by atoms with van der Waals surface area (Å²) in [6.45, 7) is 6.33. The van der Waals surface area contributed by atoms with E-state index >= 15 is 0 Å². The van der Waals surface area contributed by atoms with E-state index in [1.807, 2.05) is 25.4 Å². The maximum atomic E-state index is 5.07. The predicted molar refractivity (Wildman–Crippen MR) is 110 cm³/mol. The molecule has 136 valence electrons. The van der Waals surface area contributed by atoms with Crippen molar-refractivity contribution in [2.24, 2.45) is 16.3 Å². The minimum atomic E-state index is 0. The second kappa shape index (κ2) is 10.1. The molecular formula is C18H31IN4O. The molecule has 2 rings (SSSR count). The van der Waals surface area contributed by atoms with Crippen LogP contribution in [-0.2, 0) is 6.54 Å². The van der Waals surface area contributed by atoms with Gasteiger partial charge in [-0.2, -0.15) is 0 Å². The lowest BCUT2D eigenvalue weighted by Gasteiger charge is -2.43. The number of methoxy groups -OCH3 is 1. The quantitative estimate of drug-likeness (QED) is 0.382. The fourth-order valence-electron chi connectivity index (χ4n) is 3.31. The second-order valence-corrected chi connectivity index (χ2v) is 6.94. The molecule has 0 unspecified atom stereocenters. The summed E-state index contributed by atoms with van der Waals surface area (Å²) in [6.07, 6.45) is 7.14. The summed E-state index contributed by atoms with van der Waals surface area (Å²) >= 11 is 0. The number of ether oxygens (including phenoxy) is 1. The van der Waals surface area contributed by atoms with Crippen molar-refractivity contribution in [2.75, 3.05) is 20.7 Å². The van der Waals surface area contributed by atoms with E-state index in [1.54, 1.807) is 7.11 Å². The number of halogens is 1. The van der Waals surface area contributed by atoms with Gasteiger partial charge in [0.05, 0.1) is 7.11 Å². The Morgan fingerprint density at radius 3 is 2.54 bits per heavy atom. The molecule has 0 spiro atoms. The Kier molecular flexibility index (Phi) is 8.80. The highest BCUT2D eigenvalue weighted by Crippen LogP contribution is 2.45. The molecule has 0 bridgehead atoms. The summed E-state index contributed by atoms with van der Waals surface area (Å²) in [5, 5.41) is 6.86. The molecule has 0 saturated heterocycles. The Balaban J connectivity index is 0.00000288. The van der Waals surface area contributed by atoms with Crippen molar-refractivity contribution in [3.8, 4) is 5.88 Å². The Morgan fingerprint density at radius 1 is 1.33 bits per heavy atom. The number of rotatable bonds is 7. The van der Waals surface area contributed by atoms with E-state index in [2.05, 4.69) is 34.5 Å². The summed E-state index contributed by atoms with van der Waals surface area (Å²) in [6, 6.07) is 3.89. The van der Waals surface area contributed by atoms with Crippen LogP contribution in [0.4, 0.5) is 0 Å². The smallest absolute Gasteiger partial charge is 0.212 e. The highest BCUT2D eigenvalue weighted by atomic mass is 127. The Bertz CT molecular complexity index is 512. The van der Waals surface area contributed by atoms with E-state index in [9.17, 15) is 0 Å². The first-order valence-corrected chi connectivity index (χ1v) is 8.50. The predicted octanol–water partition coefficient (Wildman–Crippen LogP) is 3.59. The molecule has 0 aromatic carbocycles. The lowest BCUT2D eigenvalue weighted by atomic mass is 9.64. The first-order valence-electron chi connectivity index (χ1n) is 8.50. The van der Waals surface area contributed by atoms with Crippen LogP contribution in [0.5, 0.6) is 5.88 Å². The van der Waals surface area contributed by atoms with Crippen LogP contribution >= 0.6 is 24.0 Å². The van der Waals surface area contributed by atoms with Crippen LogP contribution in [0.2, 0.25) is 0 Å². The molecule has 0 aliphatic heterocycles. The fourth-order valence-corrected chi connectivity index (χ4v) is 3.31. The molecule has 1 aliphatic rings. The van der Waals surface area contributed by atoms with E-state index in [1.165, 1.54) is 25.7 Å². The van der Waals surface area contributed by atoms with Gasteiger partial charge in [0, 0.05) is 32.4 Å². The van der Waals surface area contributed by atoms with Gasteiger partial charge in [-0.3, -0.25) is 4.99 Å². The topological polar surface area (TPSA) is 58.5 Å². The summed E-state index contributed by atoms with van der Waals surface area (Å²) in [5.74, 6) is 2.24. The van der Waals surface area contributed by atoms with Crippen LogP contribution in [0.1, 0.15) is 45.1 Å². The van der Waals surface area contributed by atoms with Crippen LogP contribution in [0.25, 0.3) is 0 Å². The number of hydrogen-bond donors (Lipinski definition) is 2. The molecular weight excluding hydrogens is 415 g/mol. The maximum absolute atomic E-state index is 5.07. The number of guanidine groups is 1. The maximum Gasteiger partial charge on any atom is 0.212 e. The van der Waals surface area contributed by atoms with Crippen molar-refractivity contribution in [1.29, 1.82) is 0 Å². The Labute approximate surface area is 163 Å². The normalized spacial score (nSPS) is 16.1. The standard InChI is InChI=1S/C18H30N4O.HI/c1-14(2)10-18(8-5-9-18)13-22-17(19-3)21-12-15-6-7-16(23-4)20-11-15;/h6-7,11,14H,5,8-10,12-13H2,1-4H3,(H2,19,21,22);1H. The van der Waals surface area contributed by atoms with Crippen molar-refractivity contribution in [2.45, 2.75) is 46.1 Å². The molecule has 1 aromatic rings. The molecule has 1 fully saturated rings. The molecule has 6 heteroatoms. The SMILES string of the molecule is CN=C(NCc1ccc(OC)nc1)NCC1(CC(C)C)CCC1.I. The Morgan fingerprint density at radius 2 is 2.08 bits per heavy atom. The van der Waals surface area contributed by atoms with Gasteiger partial charge in [-0.1, -0.05) is 26.3 Å². The number of aromatic nitrogens is 1. The van der Waals surface area contributed by atoms with Gasteiger partial charge in [0.25, 0.3) is 0 Å². The first-order chi connectivity index (χ1) is 11.1. The average Bonchev–Trinajstić information content (AvgIpc) is 2.52. The van der Waals surface area contributed by atoms with E-state index in [-0.39, 0.29) is 24.0 Å². The van der Waals surface area contributed by atoms with Gasteiger partial charge in [-0.15, -0.1) is 24.0 Å². The molecule has 0 radical (unpaired) electrons. The first kappa shape index (κ1) is 21.0. The third-order valence-electron chi connectivity index (χ3n) is 4.58. The average molecular weight is 446 g/mol. The van der Waals surface area contributed by atoms with Crippen molar-refractivity contribution in [3.63, 3.8) is 0 Å². The minimum absolute atomic E-state index is 0. The molecule has 1 saturated carbocycles. The van der Waals surface area contributed by atoms with E-state index < -0.39 is 0 Å². The molecule has 1 aromatic heterocycles. The summed E-state index contributed by atoms with van der Waals surface area (Å²) in [5.41, 5.74) is 1.57. The van der Waals surface area contributed by atoms with Crippen LogP contribution in [0, 0.1) is 11.3 Å². The van der Waals surface area contributed by atoms with Crippen LogP contribution in [0.15, 0.2) is 23.3 Å². The van der Waals surface area contributed by atoms with Gasteiger partial charge in [-0.25, -0.2) is 4.98 Å². The van der Waals surface area contributed by atoms with Crippen molar-refractivity contribution < 1.29 is 4.74 Å². The zero-order chi connectivity index (χ0) is 16.7. The highest BCUT2D eigenvalue weighted by molar-refractivity contribution is 14.0. The van der Waals surface area contributed by atoms with Crippen LogP contribution in [-0.4, -0.2) is 31.6 Å². The van der Waals surface area contributed by atoms with Gasteiger partial charge in [0.15, 0.2) is 5.96 Å². The monoisotopic (exact) mass is 446 g/mol. The molecule has 0 amide bonds. The van der Waals surface area contributed by atoms with Gasteiger partial charge < -0.3 is 15.4 Å². The molecule has 1 aliphatic carbocycles. The van der Waals surface area contributed by atoms with E-state index in [0.717, 1.165) is 24.0 Å². The lowest BCUT2D eigenvalue weighted by molar-refractivity contribution is 0.104. The van der Waals surface area contributed by atoms with Crippen LogP contribution in [0.3, 0.4) is 0 Å². The largest absolute Gasteiger partial charge is 0.481 e. The van der Waals surface area contributed by atoms with E-state index in [0.29, 0.717) is 17.8 Å². The molecule has 1 heterocycles.